The summed E-state index contributed by atoms with van der Waals surface area (Å²) in [5.41, 5.74) is 1.53. The zero-order chi connectivity index (χ0) is 25.6. The number of sulfonamides is 1. The fraction of sp³-hybridized carbons (Fsp3) is 0.348. The SMILES string of the molecule is CNC(=O)CC1CN(S(=O)(=O)c2cc3cc(Cl)ccc3[nH]2)CCN1C(=O)C1Nc2cc[n+](C)cc2S1.[I-]. The maximum absolute atomic E-state index is 13.5. The van der Waals surface area contributed by atoms with E-state index in [0.29, 0.717) is 15.9 Å². The van der Waals surface area contributed by atoms with Crippen molar-refractivity contribution < 1.29 is 46.6 Å². The van der Waals surface area contributed by atoms with Gasteiger partial charge in [0.25, 0.3) is 15.9 Å². The van der Waals surface area contributed by atoms with Crippen molar-refractivity contribution in [3.63, 3.8) is 0 Å². The topological polar surface area (TPSA) is 118 Å². The van der Waals surface area contributed by atoms with E-state index in [1.807, 2.05) is 30.1 Å². The molecule has 3 N–H and O–H groups in total. The van der Waals surface area contributed by atoms with E-state index >= 15 is 0 Å². The first kappa shape index (κ1) is 28.0. The maximum Gasteiger partial charge on any atom is 0.258 e. The first-order chi connectivity index (χ1) is 17.2. The van der Waals surface area contributed by atoms with E-state index < -0.39 is 21.4 Å². The quantitative estimate of drug-likeness (QED) is 0.225. The molecule has 0 bridgehead atoms. The number of carbonyl (C=O) groups is 2. The lowest BCUT2D eigenvalue weighted by Gasteiger charge is -2.41. The normalized spacial score (nSPS) is 19.7. The van der Waals surface area contributed by atoms with Gasteiger partial charge in [-0.1, -0.05) is 23.4 Å². The van der Waals surface area contributed by atoms with Gasteiger partial charge >= 0.3 is 0 Å². The number of aryl methyl sites for hydroxylation is 1. The minimum Gasteiger partial charge on any atom is -1.00 e. The minimum absolute atomic E-state index is 0. The molecule has 0 aliphatic carbocycles. The number of pyridine rings is 1. The Morgan fingerprint density at radius 2 is 2.03 bits per heavy atom. The molecule has 0 radical (unpaired) electrons. The summed E-state index contributed by atoms with van der Waals surface area (Å²) >= 11 is 7.47. The summed E-state index contributed by atoms with van der Waals surface area (Å²) in [6, 6.07) is 7.97. The number of anilines is 1. The lowest BCUT2D eigenvalue weighted by Crippen LogP contribution is -3.00. The number of halogens is 2. The number of hydrogen-bond donors (Lipinski definition) is 3. The van der Waals surface area contributed by atoms with Crippen molar-refractivity contribution in [2.45, 2.75) is 27.8 Å². The zero-order valence-corrected chi connectivity index (χ0v) is 24.6. The average molecular weight is 677 g/mol. The largest absolute Gasteiger partial charge is 1.00 e. The van der Waals surface area contributed by atoms with Crippen molar-refractivity contribution in [1.29, 1.82) is 0 Å². The van der Waals surface area contributed by atoms with Crippen LogP contribution in [-0.4, -0.2) is 72.5 Å². The molecule has 0 saturated carbocycles. The van der Waals surface area contributed by atoms with Crippen molar-refractivity contribution in [2.75, 3.05) is 32.0 Å². The summed E-state index contributed by atoms with van der Waals surface area (Å²) in [6.45, 7) is 0.305. The van der Waals surface area contributed by atoms with Crippen LogP contribution < -0.4 is 39.2 Å². The highest BCUT2D eigenvalue weighted by atomic mass is 127. The lowest BCUT2D eigenvalue weighted by molar-refractivity contribution is -0.673. The molecule has 2 aliphatic heterocycles. The summed E-state index contributed by atoms with van der Waals surface area (Å²) in [4.78, 5) is 31.4. The average Bonchev–Trinajstić information content (AvgIpc) is 3.47. The Kier molecular flexibility index (Phi) is 8.28. The molecule has 5 rings (SSSR count). The molecule has 2 amide bonds. The van der Waals surface area contributed by atoms with Crippen molar-refractivity contribution in [1.82, 2.24) is 19.5 Å². The first-order valence-electron chi connectivity index (χ1n) is 11.4. The number of carbonyl (C=O) groups excluding carboxylic acids is 2. The van der Waals surface area contributed by atoms with E-state index in [9.17, 15) is 18.0 Å². The number of H-pyrrole nitrogens is 1. The summed E-state index contributed by atoms with van der Waals surface area (Å²) in [5.74, 6) is -0.440. The molecule has 2 aromatic heterocycles. The van der Waals surface area contributed by atoms with Crippen LogP contribution >= 0.6 is 23.4 Å². The van der Waals surface area contributed by atoms with E-state index in [2.05, 4.69) is 15.6 Å². The third-order valence-electron chi connectivity index (χ3n) is 6.42. The van der Waals surface area contributed by atoms with Crippen LogP contribution in [0.5, 0.6) is 0 Å². The molecule has 1 saturated heterocycles. The summed E-state index contributed by atoms with van der Waals surface area (Å²) in [6.07, 6.45) is 3.84. The second kappa shape index (κ2) is 11.0. The number of piperazine rings is 1. The van der Waals surface area contributed by atoms with Gasteiger partial charge in [-0.3, -0.25) is 9.59 Å². The number of thioether (sulfide) groups is 1. The van der Waals surface area contributed by atoms with Crippen molar-refractivity contribution in [3.05, 3.63) is 47.7 Å². The molecule has 0 spiro atoms. The predicted octanol–water partition coefficient (Wildman–Crippen LogP) is -1.47. The zero-order valence-electron chi connectivity index (χ0n) is 20.1. The summed E-state index contributed by atoms with van der Waals surface area (Å²) < 4.78 is 30.2. The van der Waals surface area contributed by atoms with Crippen molar-refractivity contribution >= 4 is 61.8 Å². The number of aromatic nitrogens is 2. The van der Waals surface area contributed by atoms with Crippen LogP contribution in [0.4, 0.5) is 5.69 Å². The summed E-state index contributed by atoms with van der Waals surface area (Å²) in [5, 5.41) is 6.53. The second-order valence-corrected chi connectivity index (χ2v) is 12.3. The Morgan fingerprint density at radius 3 is 2.78 bits per heavy atom. The van der Waals surface area contributed by atoms with E-state index in [-0.39, 0.29) is 66.9 Å². The molecule has 2 unspecified atom stereocenters. The molecule has 198 valence electrons. The fourth-order valence-electron chi connectivity index (χ4n) is 4.53. The molecule has 4 heterocycles. The maximum atomic E-state index is 13.5. The van der Waals surface area contributed by atoms with Gasteiger partial charge in [0.05, 0.1) is 16.6 Å². The third-order valence-corrected chi connectivity index (χ3v) is 9.58. The number of amides is 2. The van der Waals surface area contributed by atoms with Gasteiger partial charge in [0, 0.05) is 55.1 Å². The smallest absolute Gasteiger partial charge is 0.258 e. The number of rotatable bonds is 5. The predicted molar refractivity (Wildman–Crippen MR) is 137 cm³/mol. The van der Waals surface area contributed by atoms with Gasteiger partial charge in [-0.25, -0.2) is 13.0 Å². The van der Waals surface area contributed by atoms with Crippen LogP contribution in [0, 0.1) is 0 Å². The molecule has 3 aromatic rings. The fourth-order valence-corrected chi connectivity index (χ4v) is 7.35. The number of hydrogen-bond acceptors (Lipinski definition) is 6. The minimum atomic E-state index is -3.89. The van der Waals surface area contributed by atoms with Crippen molar-refractivity contribution in [2.24, 2.45) is 7.05 Å². The Hall–Kier alpha value is -2.07. The van der Waals surface area contributed by atoms with Gasteiger partial charge in [-0.15, -0.1) is 0 Å². The molecule has 2 aliphatic rings. The summed E-state index contributed by atoms with van der Waals surface area (Å²) in [7, 11) is -0.454. The first-order valence-corrected chi connectivity index (χ1v) is 14.1. The van der Waals surface area contributed by atoms with Crippen LogP contribution in [0.1, 0.15) is 6.42 Å². The van der Waals surface area contributed by atoms with Crippen LogP contribution in [-0.2, 0) is 26.7 Å². The van der Waals surface area contributed by atoms with E-state index in [1.165, 1.54) is 23.1 Å². The van der Waals surface area contributed by atoms with Crippen LogP contribution in [0.2, 0.25) is 5.02 Å². The van der Waals surface area contributed by atoms with E-state index in [4.69, 9.17) is 11.6 Å². The molecule has 1 aromatic carbocycles. The molecular formula is C23H26ClIN6O4S2. The number of benzene rings is 1. The highest BCUT2D eigenvalue weighted by Crippen LogP contribution is 2.38. The molecule has 37 heavy (non-hydrogen) atoms. The standard InChI is InChI=1S/C23H25ClN6O4S2.HI/c1-25-20(31)11-16-12-29(36(33,34)21-10-14-9-15(24)3-4-17(14)26-21)7-8-30(16)23(32)22-27-18-5-6-28(2)13-19(18)35-22;/h3-6,9-10,13,16,22,26H,7-8,11-12H2,1-2H3,(H,25,31);1H. The Morgan fingerprint density at radius 1 is 1.24 bits per heavy atom. The van der Waals surface area contributed by atoms with Gasteiger partial charge < -0.3 is 44.5 Å². The number of aromatic amines is 1. The third kappa shape index (κ3) is 5.55. The van der Waals surface area contributed by atoms with Gasteiger partial charge in [-0.2, -0.15) is 4.31 Å². The highest BCUT2D eigenvalue weighted by Gasteiger charge is 2.41. The highest BCUT2D eigenvalue weighted by molar-refractivity contribution is 8.01. The van der Waals surface area contributed by atoms with Crippen LogP contribution in [0.15, 0.2) is 52.6 Å². The Labute approximate surface area is 241 Å². The van der Waals surface area contributed by atoms with Crippen LogP contribution in [0.3, 0.4) is 0 Å². The van der Waals surface area contributed by atoms with E-state index in [0.717, 1.165) is 10.6 Å². The van der Waals surface area contributed by atoms with Gasteiger partial charge in [0.2, 0.25) is 5.91 Å². The van der Waals surface area contributed by atoms with Gasteiger partial charge in [-0.05, 0) is 24.3 Å². The molecular weight excluding hydrogens is 651 g/mol. The molecule has 1 fully saturated rings. The molecule has 10 nitrogen and oxygen atoms in total. The molecule has 2 atom stereocenters. The van der Waals surface area contributed by atoms with E-state index in [1.54, 1.807) is 29.2 Å². The number of fused-ring (bicyclic) bond motifs is 2. The monoisotopic (exact) mass is 676 g/mol. The Balaban J connectivity index is 0.00000320. The van der Waals surface area contributed by atoms with Gasteiger partial charge in [0.1, 0.15) is 12.1 Å². The second-order valence-electron chi connectivity index (χ2n) is 8.82. The lowest BCUT2D eigenvalue weighted by atomic mass is 10.1. The molecule has 14 heteroatoms. The van der Waals surface area contributed by atoms with Crippen LogP contribution in [0.25, 0.3) is 10.9 Å². The van der Waals surface area contributed by atoms with Gasteiger partial charge in [0.15, 0.2) is 17.8 Å². The van der Waals surface area contributed by atoms with Crippen molar-refractivity contribution in [3.8, 4) is 0 Å². The number of nitrogens with zero attached hydrogens (tertiary/aromatic N) is 3. The Bertz CT molecular complexity index is 1470. The number of nitrogens with one attached hydrogen (secondary N) is 3.